The van der Waals surface area contributed by atoms with E-state index in [-0.39, 0.29) is 18.7 Å². The predicted octanol–water partition coefficient (Wildman–Crippen LogP) is -1.90. The zero-order valence-electron chi connectivity index (χ0n) is 9.33. The van der Waals surface area contributed by atoms with Gasteiger partial charge in [-0.1, -0.05) is 6.58 Å². The average Bonchev–Trinajstić information content (AvgIpc) is 2.26. The van der Waals surface area contributed by atoms with E-state index in [0.29, 0.717) is 0 Å². The van der Waals surface area contributed by atoms with Crippen LogP contribution in [0, 0.1) is 0 Å². The highest BCUT2D eigenvalue weighted by Gasteiger charge is 2.20. The molecule has 0 aliphatic carbocycles. The van der Waals surface area contributed by atoms with Crippen LogP contribution in [0.15, 0.2) is 12.2 Å². The highest BCUT2D eigenvalue weighted by molar-refractivity contribution is 5.92. The molecule has 0 aromatic carbocycles. The Bertz CT molecular complexity index is 231. The lowest BCUT2D eigenvalue weighted by Crippen LogP contribution is -2.44. The van der Waals surface area contributed by atoms with Crippen molar-refractivity contribution in [1.82, 2.24) is 4.90 Å². The van der Waals surface area contributed by atoms with Crippen molar-refractivity contribution in [2.45, 2.75) is 19.1 Å². The third-order valence-electron chi connectivity index (χ3n) is 1.94. The number of hydrogen-bond donors (Lipinski definition) is 4. The highest BCUT2D eigenvalue weighted by Crippen LogP contribution is 2.02. The Balaban J connectivity index is 4.50. The van der Waals surface area contributed by atoms with E-state index < -0.39 is 31.3 Å². The van der Waals surface area contributed by atoms with Crippen LogP contribution >= 0.6 is 0 Å². The van der Waals surface area contributed by atoms with E-state index in [9.17, 15) is 15.0 Å². The first kappa shape index (κ1) is 15.0. The number of carbonyl (C=O) groups is 1. The smallest absolute Gasteiger partial charge is 0.249 e. The van der Waals surface area contributed by atoms with Crippen molar-refractivity contribution in [1.29, 1.82) is 0 Å². The monoisotopic (exact) mass is 233 g/mol. The van der Waals surface area contributed by atoms with Crippen LogP contribution in [0.25, 0.3) is 0 Å². The van der Waals surface area contributed by atoms with Crippen LogP contribution in [0.3, 0.4) is 0 Å². The molecule has 0 rings (SSSR count). The summed E-state index contributed by atoms with van der Waals surface area (Å²) in [5, 5.41) is 35.8. The second kappa shape index (κ2) is 7.34. The summed E-state index contributed by atoms with van der Waals surface area (Å²) in [6.45, 7) is 3.79. The Kier molecular flexibility index (Phi) is 6.91. The van der Waals surface area contributed by atoms with Crippen LogP contribution in [-0.4, -0.2) is 69.7 Å². The van der Waals surface area contributed by atoms with Crippen molar-refractivity contribution < 1.29 is 25.2 Å². The number of hydrogen-bond acceptors (Lipinski definition) is 5. The molecule has 0 aliphatic rings. The lowest BCUT2D eigenvalue weighted by Gasteiger charge is -2.26. The number of aliphatic hydroxyl groups is 4. The second-order valence-electron chi connectivity index (χ2n) is 3.66. The normalized spacial score (nSPS) is 14.3. The van der Waals surface area contributed by atoms with Gasteiger partial charge in [-0.05, 0) is 6.92 Å². The zero-order valence-corrected chi connectivity index (χ0v) is 9.33. The third kappa shape index (κ3) is 5.22. The first-order chi connectivity index (χ1) is 7.42. The van der Waals surface area contributed by atoms with Crippen molar-refractivity contribution in [3.05, 3.63) is 12.2 Å². The van der Waals surface area contributed by atoms with Crippen molar-refractivity contribution in [2.24, 2.45) is 0 Å². The Morgan fingerprint density at radius 2 is 1.56 bits per heavy atom. The summed E-state index contributed by atoms with van der Waals surface area (Å²) < 4.78 is 0. The second-order valence-corrected chi connectivity index (χ2v) is 3.66. The summed E-state index contributed by atoms with van der Waals surface area (Å²) in [7, 11) is 0. The molecule has 0 aromatic rings. The maximum atomic E-state index is 11.6. The zero-order chi connectivity index (χ0) is 12.7. The van der Waals surface area contributed by atoms with Gasteiger partial charge in [0.15, 0.2) is 0 Å². The molecule has 4 N–H and O–H groups in total. The van der Waals surface area contributed by atoms with Gasteiger partial charge in [-0.2, -0.15) is 0 Å². The highest BCUT2D eigenvalue weighted by atomic mass is 16.3. The van der Waals surface area contributed by atoms with E-state index in [1.54, 1.807) is 0 Å². The molecule has 1 amide bonds. The van der Waals surface area contributed by atoms with Crippen LogP contribution in [0.2, 0.25) is 0 Å². The van der Waals surface area contributed by atoms with Gasteiger partial charge in [-0.25, -0.2) is 0 Å². The van der Waals surface area contributed by atoms with Crippen molar-refractivity contribution in [3.8, 4) is 0 Å². The maximum absolute atomic E-state index is 11.6. The van der Waals surface area contributed by atoms with Crippen molar-refractivity contribution in [2.75, 3.05) is 26.3 Å². The molecule has 94 valence electrons. The van der Waals surface area contributed by atoms with E-state index >= 15 is 0 Å². The topological polar surface area (TPSA) is 101 Å². The fourth-order valence-electron chi connectivity index (χ4n) is 1.13. The fourth-order valence-corrected chi connectivity index (χ4v) is 1.13. The third-order valence-corrected chi connectivity index (χ3v) is 1.94. The number of rotatable bonds is 7. The fraction of sp³-hybridized carbons (Fsp3) is 0.700. The van der Waals surface area contributed by atoms with Gasteiger partial charge in [-0.3, -0.25) is 4.79 Å². The molecule has 6 heteroatoms. The Morgan fingerprint density at radius 3 is 1.81 bits per heavy atom. The molecule has 0 aromatic heterocycles. The summed E-state index contributed by atoms with van der Waals surface area (Å²) in [6.07, 6.45) is -2.15. The van der Waals surface area contributed by atoms with E-state index in [0.717, 1.165) is 4.90 Å². The van der Waals surface area contributed by atoms with Crippen LogP contribution in [0.5, 0.6) is 0 Å². The van der Waals surface area contributed by atoms with Crippen LogP contribution in [-0.2, 0) is 4.79 Å². The average molecular weight is 233 g/mol. The summed E-state index contributed by atoms with van der Waals surface area (Å²) in [4.78, 5) is 12.7. The van der Waals surface area contributed by atoms with E-state index in [1.807, 2.05) is 0 Å². The van der Waals surface area contributed by atoms with Gasteiger partial charge in [0.1, 0.15) is 0 Å². The molecule has 2 atom stereocenters. The molecule has 0 heterocycles. The summed E-state index contributed by atoms with van der Waals surface area (Å²) in [5.74, 6) is -0.431. The number of nitrogens with zero attached hydrogens (tertiary/aromatic N) is 1. The van der Waals surface area contributed by atoms with Crippen LogP contribution in [0.1, 0.15) is 6.92 Å². The van der Waals surface area contributed by atoms with Gasteiger partial charge in [0.2, 0.25) is 5.91 Å². The largest absolute Gasteiger partial charge is 0.394 e. The molecule has 0 saturated carbocycles. The molecule has 0 bridgehead atoms. The summed E-state index contributed by atoms with van der Waals surface area (Å²) >= 11 is 0. The Labute approximate surface area is 94.4 Å². The predicted molar refractivity (Wildman–Crippen MR) is 57.6 cm³/mol. The van der Waals surface area contributed by atoms with E-state index in [2.05, 4.69) is 6.58 Å². The molecule has 0 radical (unpaired) electrons. The molecular formula is C10H19NO5. The molecule has 0 aliphatic heterocycles. The van der Waals surface area contributed by atoms with Gasteiger partial charge in [0.05, 0.1) is 25.4 Å². The standard InChI is InChI=1S/C10H19NO5/c1-7(2)10(16)11(3-8(14)5-12)4-9(15)6-13/h8-9,12-15H,1,3-6H2,2H3. The molecule has 6 nitrogen and oxygen atoms in total. The van der Waals surface area contributed by atoms with E-state index in [4.69, 9.17) is 10.2 Å². The molecule has 0 spiro atoms. The molecule has 0 saturated heterocycles. The number of aliphatic hydroxyl groups excluding tert-OH is 4. The molecule has 16 heavy (non-hydrogen) atoms. The minimum Gasteiger partial charge on any atom is -0.394 e. The lowest BCUT2D eigenvalue weighted by molar-refractivity contribution is -0.130. The quantitative estimate of drug-likeness (QED) is 0.385. The van der Waals surface area contributed by atoms with Crippen LogP contribution < -0.4 is 0 Å². The first-order valence-corrected chi connectivity index (χ1v) is 4.95. The summed E-state index contributed by atoms with van der Waals surface area (Å²) in [5.41, 5.74) is 0.260. The molecule has 2 unspecified atom stereocenters. The van der Waals surface area contributed by atoms with Gasteiger partial charge >= 0.3 is 0 Å². The number of amides is 1. The van der Waals surface area contributed by atoms with E-state index in [1.165, 1.54) is 6.92 Å². The van der Waals surface area contributed by atoms with Gasteiger partial charge in [0, 0.05) is 18.7 Å². The Morgan fingerprint density at radius 1 is 1.19 bits per heavy atom. The lowest BCUT2D eigenvalue weighted by atomic mass is 10.2. The SMILES string of the molecule is C=C(C)C(=O)N(CC(O)CO)CC(O)CO. The van der Waals surface area contributed by atoms with Crippen molar-refractivity contribution in [3.63, 3.8) is 0 Å². The van der Waals surface area contributed by atoms with Gasteiger partial charge in [0.25, 0.3) is 0 Å². The van der Waals surface area contributed by atoms with Crippen molar-refractivity contribution >= 4 is 5.91 Å². The Hall–Kier alpha value is -0.950. The molecular weight excluding hydrogens is 214 g/mol. The van der Waals surface area contributed by atoms with Gasteiger partial charge < -0.3 is 25.3 Å². The minimum absolute atomic E-state index is 0.112. The first-order valence-electron chi connectivity index (χ1n) is 4.95. The van der Waals surface area contributed by atoms with Crippen LogP contribution in [0.4, 0.5) is 0 Å². The maximum Gasteiger partial charge on any atom is 0.249 e. The number of carbonyl (C=O) groups excluding carboxylic acids is 1. The molecule has 0 fully saturated rings. The van der Waals surface area contributed by atoms with Gasteiger partial charge in [-0.15, -0.1) is 0 Å². The summed E-state index contributed by atoms with van der Waals surface area (Å²) in [6, 6.07) is 0. The minimum atomic E-state index is -1.07.